The summed E-state index contributed by atoms with van der Waals surface area (Å²) in [6.07, 6.45) is 4.74. The van der Waals surface area contributed by atoms with Gasteiger partial charge in [0.25, 0.3) is 0 Å². The molecule has 1 amide bonds. The highest BCUT2D eigenvalue weighted by molar-refractivity contribution is 7.09. The molecular weight excluding hydrogens is 246 g/mol. The number of carbonyl (C=O) groups is 1. The van der Waals surface area contributed by atoms with Crippen molar-refractivity contribution in [2.24, 2.45) is 0 Å². The minimum atomic E-state index is -0.158. The standard InChI is InChI=1S/C13H21N3OS/c1-9-8-18-12(15-9)7-14-10(2)13(17)16-11-5-3-4-6-11/h8,10-11,14H,3-7H2,1-2H3,(H,16,17). The Labute approximate surface area is 112 Å². The molecule has 0 bridgehead atoms. The lowest BCUT2D eigenvalue weighted by Crippen LogP contribution is -2.45. The molecule has 1 aromatic rings. The van der Waals surface area contributed by atoms with Gasteiger partial charge < -0.3 is 5.32 Å². The molecule has 1 heterocycles. The molecule has 1 fully saturated rings. The van der Waals surface area contributed by atoms with E-state index in [1.807, 2.05) is 19.2 Å². The summed E-state index contributed by atoms with van der Waals surface area (Å²) in [5, 5.41) is 9.39. The number of thiazole rings is 1. The van der Waals surface area contributed by atoms with E-state index in [9.17, 15) is 4.79 Å². The van der Waals surface area contributed by atoms with Crippen molar-refractivity contribution in [2.75, 3.05) is 0 Å². The van der Waals surface area contributed by atoms with Gasteiger partial charge in [-0.3, -0.25) is 10.1 Å². The molecule has 1 aliphatic rings. The molecule has 2 rings (SSSR count). The third-order valence-electron chi connectivity index (χ3n) is 3.32. The summed E-state index contributed by atoms with van der Waals surface area (Å²) >= 11 is 1.63. The number of hydrogen-bond acceptors (Lipinski definition) is 4. The molecule has 0 spiro atoms. The smallest absolute Gasteiger partial charge is 0.237 e. The van der Waals surface area contributed by atoms with Crippen LogP contribution in [0.2, 0.25) is 0 Å². The van der Waals surface area contributed by atoms with Crippen LogP contribution in [0.15, 0.2) is 5.38 Å². The maximum Gasteiger partial charge on any atom is 0.237 e. The highest BCUT2D eigenvalue weighted by Crippen LogP contribution is 2.17. The molecule has 18 heavy (non-hydrogen) atoms. The van der Waals surface area contributed by atoms with Gasteiger partial charge in [-0.25, -0.2) is 4.98 Å². The van der Waals surface area contributed by atoms with E-state index in [4.69, 9.17) is 0 Å². The van der Waals surface area contributed by atoms with Crippen molar-refractivity contribution in [3.05, 3.63) is 16.1 Å². The van der Waals surface area contributed by atoms with Crippen LogP contribution in [0.1, 0.15) is 43.3 Å². The first kappa shape index (κ1) is 13.5. The average molecular weight is 267 g/mol. The van der Waals surface area contributed by atoms with Gasteiger partial charge in [0.05, 0.1) is 6.04 Å². The number of hydrogen-bond donors (Lipinski definition) is 2. The Kier molecular flexibility index (Phi) is 4.72. The molecule has 1 aromatic heterocycles. The third kappa shape index (κ3) is 3.78. The number of aromatic nitrogens is 1. The van der Waals surface area contributed by atoms with Crippen LogP contribution in [-0.4, -0.2) is 23.0 Å². The molecule has 1 unspecified atom stereocenters. The molecule has 1 saturated carbocycles. The van der Waals surface area contributed by atoms with Gasteiger partial charge in [0, 0.05) is 23.7 Å². The molecule has 1 atom stereocenters. The molecule has 2 N–H and O–H groups in total. The van der Waals surface area contributed by atoms with Crippen molar-refractivity contribution < 1.29 is 4.79 Å². The number of carbonyl (C=O) groups excluding carboxylic acids is 1. The molecular formula is C13H21N3OS. The summed E-state index contributed by atoms with van der Waals surface area (Å²) in [6, 6.07) is 0.235. The Hall–Kier alpha value is -0.940. The summed E-state index contributed by atoms with van der Waals surface area (Å²) < 4.78 is 0. The van der Waals surface area contributed by atoms with Crippen molar-refractivity contribution in [3.63, 3.8) is 0 Å². The second kappa shape index (κ2) is 6.29. The zero-order chi connectivity index (χ0) is 13.0. The summed E-state index contributed by atoms with van der Waals surface area (Å²) in [5.74, 6) is 0.107. The fraction of sp³-hybridized carbons (Fsp3) is 0.692. The fourth-order valence-corrected chi connectivity index (χ4v) is 2.94. The minimum absolute atomic E-state index is 0.107. The SMILES string of the molecule is Cc1csc(CNC(C)C(=O)NC2CCCC2)n1. The average Bonchev–Trinajstić information content (AvgIpc) is 2.97. The number of rotatable bonds is 5. The highest BCUT2D eigenvalue weighted by atomic mass is 32.1. The van der Waals surface area contributed by atoms with Crippen molar-refractivity contribution in [1.82, 2.24) is 15.6 Å². The van der Waals surface area contributed by atoms with Crippen molar-refractivity contribution in [1.29, 1.82) is 0 Å². The second-order valence-corrected chi connectivity index (χ2v) is 5.92. The maximum atomic E-state index is 11.9. The summed E-state index contributed by atoms with van der Waals surface area (Å²) in [4.78, 5) is 16.3. The monoisotopic (exact) mass is 267 g/mol. The Morgan fingerprint density at radius 1 is 1.56 bits per heavy atom. The molecule has 0 aromatic carbocycles. The molecule has 0 radical (unpaired) electrons. The van der Waals surface area contributed by atoms with Crippen molar-refractivity contribution >= 4 is 17.2 Å². The number of nitrogens with zero attached hydrogens (tertiary/aromatic N) is 1. The van der Waals surface area contributed by atoms with Crippen LogP contribution >= 0.6 is 11.3 Å². The summed E-state index contributed by atoms with van der Waals surface area (Å²) in [5.41, 5.74) is 1.04. The van der Waals surface area contributed by atoms with E-state index in [0.29, 0.717) is 12.6 Å². The summed E-state index contributed by atoms with van der Waals surface area (Å²) in [7, 11) is 0. The van der Waals surface area contributed by atoms with Gasteiger partial charge >= 0.3 is 0 Å². The van der Waals surface area contributed by atoms with E-state index in [1.54, 1.807) is 11.3 Å². The van der Waals surface area contributed by atoms with Gasteiger partial charge in [-0.1, -0.05) is 12.8 Å². The van der Waals surface area contributed by atoms with Gasteiger partial charge in [-0.15, -0.1) is 11.3 Å². The summed E-state index contributed by atoms with van der Waals surface area (Å²) in [6.45, 7) is 4.55. The van der Waals surface area contributed by atoms with Crippen LogP contribution in [0, 0.1) is 6.92 Å². The van der Waals surface area contributed by atoms with Crippen LogP contribution in [0.4, 0.5) is 0 Å². The molecule has 5 heteroatoms. The normalized spacial score (nSPS) is 17.9. The lowest BCUT2D eigenvalue weighted by atomic mass is 10.2. The van der Waals surface area contributed by atoms with E-state index >= 15 is 0 Å². The second-order valence-electron chi connectivity index (χ2n) is 4.98. The van der Waals surface area contributed by atoms with Crippen LogP contribution in [0.25, 0.3) is 0 Å². The zero-order valence-electron chi connectivity index (χ0n) is 11.0. The predicted molar refractivity (Wildman–Crippen MR) is 73.6 cm³/mol. The quantitative estimate of drug-likeness (QED) is 0.858. The zero-order valence-corrected chi connectivity index (χ0v) is 11.8. The van der Waals surface area contributed by atoms with Crippen LogP contribution in [-0.2, 0) is 11.3 Å². The first-order valence-corrected chi connectivity index (χ1v) is 7.48. The van der Waals surface area contributed by atoms with Crippen molar-refractivity contribution in [2.45, 2.75) is 58.2 Å². The third-order valence-corrected chi connectivity index (χ3v) is 4.29. The van der Waals surface area contributed by atoms with Gasteiger partial charge in [0.2, 0.25) is 5.91 Å². The Morgan fingerprint density at radius 2 is 2.28 bits per heavy atom. The maximum absolute atomic E-state index is 11.9. The van der Waals surface area contributed by atoms with Crippen LogP contribution in [0.3, 0.4) is 0 Å². The Bertz CT molecular complexity index is 399. The van der Waals surface area contributed by atoms with E-state index in [2.05, 4.69) is 15.6 Å². The van der Waals surface area contributed by atoms with Gasteiger partial charge in [0.15, 0.2) is 0 Å². The minimum Gasteiger partial charge on any atom is -0.352 e. The first-order valence-electron chi connectivity index (χ1n) is 6.60. The van der Waals surface area contributed by atoms with Crippen molar-refractivity contribution in [3.8, 4) is 0 Å². The molecule has 1 aliphatic carbocycles. The van der Waals surface area contributed by atoms with Gasteiger partial charge in [0.1, 0.15) is 5.01 Å². The molecule has 4 nitrogen and oxygen atoms in total. The van der Waals surface area contributed by atoms with E-state index in [0.717, 1.165) is 23.5 Å². The van der Waals surface area contributed by atoms with Gasteiger partial charge in [-0.05, 0) is 26.7 Å². The highest BCUT2D eigenvalue weighted by Gasteiger charge is 2.20. The Balaban J connectivity index is 1.73. The molecule has 0 aliphatic heterocycles. The van der Waals surface area contributed by atoms with E-state index in [1.165, 1.54) is 12.8 Å². The lowest BCUT2D eigenvalue weighted by molar-refractivity contribution is -0.123. The van der Waals surface area contributed by atoms with Crippen LogP contribution < -0.4 is 10.6 Å². The predicted octanol–water partition coefficient (Wildman–Crippen LogP) is 1.99. The van der Waals surface area contributed by atoms with E-state index in [-0.39, 0.29) is 11.9 Å². The largest absolute Gasteiger partial charge is 0.352 e. The molecule has 0 saturated heterocycles. The Morgan fingerprint density at radius 3 is 2.89 bits per heavy atom. The molecule has 100 valence electrons. The number of amides is 1. The number of aryl methyl sites for hydroxylation is 1. The van der Waals surface area contributed by atoms with E-state index < -0.39 is 0 Å². The lowest BCUT2D eigenvalue weighted by Gasteiger charge is -2.17. The fourth-order valence-electron chi connectivity index (χ4n) is 2.21. The topological polar surface area (TPSA) is 54.0 Å². The van der Waals surface area contributed by atoms with Crippen LogP contribution in [0.5, 0.6) is 0 Å². The number of nitrogens with one attached hydrogen (secondary N) is 2. The van der Waals surface area contributed by atoms with Gasteiger partial charge in [-0.2, -0.15) is 0 Å². The first-order chi connectivity index (χ1) is 8.65.